The van der Waals surface area contributed by atoms with E-state index in [1.165, 1.54) is 0 Å². The monoisotopic (exact) mass is 317 g/mol. The van der Waals surface area contributed by atoms with Crippen molar-refractivity contribution >= 4 is 27.5 Å². The highest BCUT2D eigenvalue weighted by atomic mass is 79.9. The average Bonchev–Trinajstić information content (AvgIpc) is 2.15. The molecule has 1 rings (SSSR count). The number of hydrogen-bond acceptors (Lipinski definition) is 1. The molecule has 0 aliphatic heterocycles. The molecule has 0 atom stereocenters. The van der Waals surface area contributed by atoms with Gasteiger partial charge >= 0.3 is 12.6 Å². The lowest BCUT2D eigenvalue weighted by atomic mass is 10.2. The van der Waals surface area contributed by atoms with E-state index in [4.69, 9.17) is 0 Å². The summed E-state index contributed by atoms with van der Waals surface area (Å²) in [6.45, 7) is 0. The molecule has 1 aromatic carbocycles. The minimum atomic E-state index is -4.62. The number of alkyl halides is 5. The number of anilines is 1. The smallest absolute Gasteiger partial charge is 0.321 e. The molecular formula is C9H5BrF5NO. The molecule has 0 saturated carbocycles. The Kier molecular flexibility index (Phi) is 4.07. The second-order valence-electron chi connectivity index (χ2n) is 3.02. The van der Waals surface area contributed by atoms with E-state index < -0.39 is 24.1 Å². The average molecular weight is 318 g/mol. The predicted molar refractivity (Wildman–Crippen MR) is 53.8 cm³/mol. The highest BCUT2D eigenvalue weighted by Crippen LogP contribution is 2.33. The van der Waals surface area contributed by atoms with Crippen molar-refractivity contribution in [3.05, 3.63) is 28.2 Å². The molecule has 2 nitrogen and oxygen atoms in total. The molecule has 0 radical (unpaired) electrons. The van der Waals surface area contributed by atoms with Gasteiger partial charge in [0.1, 0.15) is 0 Å². The molecule has 0 aliphatic carbocycles. The summed E-state index contributed by atoms with van der Waals surface area (Å²) in [6.07, 6.45) is -7.91. The second kappa shape index (κ2) is 4.99. The molecule has 0 saturated heterocycles. The van der Waals surface area contributed by atoms with Crippen LogP contribution in [0.3, 0.4) is 0 Å². The van der Waals surface area contributed by atoms with Crippen LogP contribution in [0.1, 0.15) is 5.56 Å². The van der Waals surface area contributed by atoms with E-state index in [9.17, 15) is 26.7 Å². The molecule has 0 bridgehead atoms. The number of nitrogens with one attached hydrogen (secondary N) is 1. The first-order chi connectivity index (χ1) is 7.70. The first-order valence-electron chi connectivity index (χ1n) is 4.17. The van der Waals surface area contributed by atoms with Crippen LogP contribution in [-0.4, -0.2) is 12.3 Å². The maximum absolute atomic E-state index is 12.4. The number of halogens is 6. The maximum Gasteiger partial charge on any atom is 0.416 e. The molecule has 0 fully saturated rings. The van der Waals surface area contributed by atoms with Crippen molar-refractivity contribution in [3.8, 4) is 0 Å². The van der Waals surface area contributed by atoms with Crippen LogP contribution < -0.4 is 5.32 Å². The minimum absolute atomic E-state index is 0.0249. The zero-order valence-electron chi connectivity index (χ0n) is 7.99. The highest BCUT2D eigenvalue weighted by Gasteiger charge is 2.31. The lowest BCUT2D eigenvalue weighted by Gasteiger charge is -2.10. The van der Waals surface area contributed by atoms with Crippen molar-refractivity contribution in [3.63, 3.8) is 0 Å². The molecule has 94 valence electrons. The zero-order chi connectivity index (χ0) is 13.2. The molecule has 0 heterocycles. The number of rotatable bonds is 2. The van der Waals surface area contributed by atoms with Crippen LogP contribution in [0.25, 0.3) is 0 Å². The molecule has 1 N–H and O–H groups in total. The van der Waals surface area contributed by atoms with Crippen LogP contribution in [0.4, 0.5) is 27.6 Å². The fourth-order valence-electron chi connectivity index (χ4n) is 1.02. The van der Waals surface area contributed by atoms with E-state index in [2.05, 4.69) is 15.9 Å². The van der Waals surface area contributed by atoms with Gasteiger partial charge in [0.2, 0.25) is 0 Å². The number of carbonyl (C=O) groups is 1. The molecule has 0 aliphatic rings. The van der Waals surface area contributed by atoms with Gasteiger partial charge in [0, 0.05) is 10.2 Å². The van der Waals surface area contributed by atoms with E-state index in [0.29, 0.717) is 6.07 Å². The van der Waals surface area contributed by atoms with Crippen molar-refractivity contribution in [2.75, 3.05) is 5.32 Å². The standard InChI is InChI=1S/C9H5BrF5NO/c10-5-1-4(9(13,14)15)2-6(3-5)16-8(17)7(11)12/h1-3,7H,(H,16,17). The Morgan fingerprint density at radius 3 is 2.29 bits per heavy atom. The maximum atomic E-state index is 12.4. The van der Waals surface area contributed by atoms with Gasteiger partial charge in [-0.1, -0.05) is 15.9 Å². The van der Waals surface area contributed by atoms with Gasteiger partial charge in [0.05, 0.1) is 5.56 Å². The number of amides is 1. The number of hydrogen-bond donors (Lipinski definition) is 1. The summed E-state index contributed by atoms with van der Waals surface area (Å²) < 4.78 is 60.9. The quantitative estimate of drug-likeness (QED) is 0.828. The van der Waals surface area contributed by atoms with E-state index in [0.717, 1.165) is 12.1 Å². The van der Waals surface area contributed by atoms with Crippen LogP contribution >= 0.6 is 15.9 Å². The number of benzene rings is 1. The van der Waals surface area contributed by atoms with E-state index >= 15 is 0 Å². The highest BCUT2D eigenvalue weighted by molar-refractivity contribution is 9.10. The van der Waals surface area contributed by atoms with Crippen molar-refractivity contribution in [1.82, 2.24) is 0 Å². The van der Waals surface area contributed by atoms with Crippen LogP contribution in [-0.2, 0) is 11.0 Å². The third-order valence-corrected chi connectivity index (χ3v) is 2.15. The molecule has 0 unspecified atom stereocenters. The van der Waals surface area contributed by atoms with Crippen molar-refractivity contribution in [1.29, 1.82) is 0 Å². The topological polar surface area (TPSA) is 29.1 Å². The van der Waals surface area contributed by atoms with Gasteiger partial charge in [-0.05, 0) is 18.2 Å². The van der Waals surface area contributed by atoms with Crippen LogP contribution in [0, 0.1) is 0 Å². The summed E-state index contributed by atoms with van der Waals surface area (Å²) in [5, 5.41) is 1.68. The first-order valence-corrected chi connectivity index (χ1v) is 4.96. The first kappa shape index (κ1) is 13.9. The molecular weight excluding hydrogens is 313 g/mol. The van der Waals surface area contributed by atoms with E-state index in [-0.39, 0.29) is 10.2 Å². The molecule has 1 aromatic rings. The Balaban J connectivity index is 3.02. The third-order valence-electron chi connectivity index (χ3n) is 1.69. The fourth-order valence-corrected chi connectivity index (χ4v) is 1.52. The van der Waals surface area contributed by atoms with Crippen molar-refractivity contribution in [2.45, 2.75) is 12.6 Å². The van der Waals surface area contributed by atoms with Gasteiger partial charge in [-0.25, -0.2) is 0 Å². The summed E-state index contributed by atoms with van der Waals surface area (Å²) in [4.78, 5) is 10.6. The van der Waals surface area contributed by atoms with E-state index in [1.54, 1.807) is 5.32 Å². The Bertz CT molecular complexity index is 432. The van der Waals surface area contributed by atoms with Gasteiger partial charge in [-0.15, -0.1) is 0 Å². The third kappa shape index (κ3) is 3.95. The predicted octanol–water partition coefficient (Wildman–Crippen LogP) is 3.67. The van der Waals surface area contributed by atoms with Crippen LogP contribution in [0.5, 0.6) is 0 Å². The largest absolute Gasteiger partial charge is 0.416 e. The Labute approximate surface area is 101 Å². The van der Waals surface area contributed by atoms with Gasteiger partial charge in [-0.3, -0.25) is 4.79 Å². The normalized spacial score (nSPS) is 11.7. The Morgan fingerprint density at radius 2 is 1.82 bits per heavy atom. The molecule has 0 aromatic heterocycles. The summed E-state index contributed by atoms with van der Waals surface area (Å²) >= 11 is 2.79. The molecule has 8 heteroatoms. The van der Waals surface area contributed by atoms with Gasteiger partial charge < -0.3 is 5.32 Å². The summed E-state index contributed by atoms with van der Waals surface area (Å²) in [7, 11) is 0. The van der Waals surface area contributed by atoms with Gasteiger partial charge in [0.25, 0.3) is 5.91 Å². The zero-order valence-corrected chi connectivity index (χ0v) is 9.57. The number of carbonyl (C=O) groups excluding carboxylic acids is 1. The SMILES string of the molecule is O=C(Nc1cc(Br)cc(C(F)(F)F)c1)C(F)F. The minimum Gasteiger partial charge on any atom is -0.321 e. The van der Waals surface area contributed by atoms with Crippen molar-refractivity contribution < 1.29 is 26.7 Å². The van der Waals surface area contributed by atoms with E-state index in [1.807, 2.05) is 0 Å². The summed E-state index contributed by atoms with van der Waals surface area (Å²) in [5.74, 6) is -1.66. The van der Waals surface area contributed by atoms with Crippen LogP contribution in [0.15, 0.2) is 22.7 Å². The van der Waals surface area contributed by atoms with Gasteiger partial charge in [-0.2, -0.15) is 22.0 Å². The fraction of sp³-hybridized carbons (Fsp3) is 0.222. The summed E-state index contributed by atoms with van der Waals surface area (Å²) in [5.41, 5.74) is -1.39. The molecule has 17 heavy (non-hydrogen) atoms. The lowest BCUT2D eigenvalue weighted by molar-refractivity contribution is -0.137. The van der Waals surface area contributed by atoms with Gasteiger partial charge in [0.15, 0.2) is 0 Å². The Hall–Kier alpha value is -1.18. The molecule has 1 amide bonds. The second-order valence-corrected chi connectivity index (χ2v) is 3.93. The lowest BCUT2D eigenvalue weighted by Crippen LogP contribution is -2.20. The summed E-state index contributed by atoms with van der Waals surface area (Å²) in [6, 6.07) is 2.44. The molecule has 0 spiro atoms. The van der Waals surface area contributed by atoms with Crippen molar-refractivity contribution in [2.24, 2.45) is 0 Å². The Morgan fingerprint density at radius 1 is 1.24 bits per heavy atom. The van der Waals surface area contributed by atoms with Crippen LogP contribution in [0.2, 0.25) is 0 Å².